The molecule has 4 nitrogen and oxygen atoms in total. The van der Waals surface area contributed by atoms with Gasteiger partial charge in [-0.1, -0.05) is 127 Å². The van der Waals surface area contributed by atoms with E-state index in [2.05, 4.69) is 240 Å². The molecule has 66 heavy (non-hydrogen) atoms. The largest absolute Gasteiger partial charge is 0.319 e. The summed E-state index contributed by atoms with van der Waals surface area (Å²) in [4.78, 5) is 13.6. The summed E-state index contributed by atoms with van der Waals surface area (Å²) >= 11 is 6.21. The lowest BCUT2D eigenvalue weighted by atomic mass is 9.94. The Bertz CT molecular complexity index is 3990. The fraction of sp³-hybridized carbons (Fsp3) is 0.0508. The van der Waals surface area contributed by atoms with Crippen molar-refractivity contribution in [2.45, 2.75) is 13.1 Å². The van der Waals surface area contributed by atoms with Crippen LogP contribution in [0.2, 0.25) is 0 Å². The van der Waals surface area contributed by atoms with Crippen LogP contribution in [0.25, 0.3) is 95.5 Å². The van der Waals surface area contributed by atoms with Gasteiger partial charge in [0.2, 0.25) is 5.96 Å². The second kappa shape index (κ2) is 15.6. The van der Waals surface area contributed by atoms with Crippen molar-refractivity contribution in [3.8, 4) is 33.4 Å². The Kier molecular flexibility index (Phi) is 9.34. The lowest BCUT2D eigenvalue weighted by Gasteiger charge is -2.33. The second-order valence-corrected chi connectivity index (χ2v) is 20.5. The molecule has 1 aliphatic rings. The number of aliphatic imine (C=N–C) groups is 2. The molecule has 0 N–H and O–H groups in total. The molecule has 1 atom stereocenters. The number of benzene rings is 9. The predicted octanol–water partition coefficient (Wildman–Crippen LogP) is 16.7. The molecule has 3 aromatic heterocycles. The number of aromatic nitrogens is 1. The highest BCUT2D eigenvalue weighted by Gasteiger charge is 2.31. The number of aryl methyl sites for hydroxylation is 1. The van der Waals surface area contributed by atoms with Crippen molar-refractivity contribution in [2.24, 2.45) is 9.98 Å². The summed E-state index contributed by atoms with van der Waals surface area (Å²) in [5, 5.41) is 7.37. The molecule has 0 spiro atoms. The van der Waals surface area contributed by atoms with Gasteiger partial charge in [0.15, 0.2) is 12.0 Å². The summed E-state index contributed by atoms with van der Waals surface area (Å²) in [5.74, 6) is 1.54. The van der Waals surface area contributed by atoms with E-state index in [1.165, 1.54) is 93.6 Å². The van der Waals surface area contributed by atoms with Gasteiger partial charge in [0.25, 0.3) is 0 Å². The van der Waals surface area contributed by atoms with Crippen LogP contribution in [-0.4, -0.2) is 28.3 Å². The fourth-order valence-corrected chi connectivity index (χ4v) is 12.8. The monoisotopic (exact) mass is 994 g/mol. The fourth-order valence-electron chi connectivity index (χ4n) is 10.0. The van der Waals surface area contributed by atoms with Gasteiger partial charge in [-0.15, -0.1) is 22.7 Å². The van der Waals surface area contributed by atoms with E-state index in [4.69, 9.17) is 9.98 Å². The number of hydrogen-bond acceptors (Lipinski definition) is 5. The SMILES string of the molecule is Cc1ccc2c3cc(-c4ccccc4)ccc3n(C3=NC(c4ccc5sc6ccccc6c5c4)=NC(c4ccc5sc6ccccc6c5c4)N3C)c2c1-c1cc(-c2ccccc2)ccc1I. The lowest BCUT2D eigenvalue weighted by Crippen LogP contribution is -2.39. The van der Waals surface area contributed by atoms with E-state index in [0.717, 1.165) is 28.1 Å². The molecule has 314 valence electrons. The zero-order chi connectivity index (χ0) is 44.0. The van der Waals surface area contributed by atoms with Gasteiger partial charge in [-0.05, 0) is 135 Å². The second-order valence-electron chi connectivity index (χ2n) is 17.2. The molecule has 13 rings (SSSR count). The third kappa shape index (κ3) is 6.36. The quantitative estimate of drug-likeness (QED) is 0.158. The first-order chi connectivity index (χ1) is 32.4. The van der Waals surface area contributed by atoms with Crippen molar-refractivity contribution in [1.82, 2.24) is 9.47 Å². The Labute approximate surface area is 403 Å². The maximum atomic E-state index is 5.72. The zero-order valence-corrected chi connectivity index (χ0v) is 39.8. The highest BCUT2D eigenvalue weighted by atomic mass is 127. The normalized spacial score (nSPS) is 14.3. The maximum Gasteiger partial charge on any atom is 0.214 e. The zero-order valence-electron chi connectivity index (χ0n) is 36.0. The van der Waals surface area contributed by atoms with Gasteiger partial charge in [-0.3, -0.25) is 4.57 Å². The van der Waals surface area contributed by atoms with E-state index in [9.17, 15) is 0 Å². The predicted molar refractivity (Wildman–Crippen MR) is 292 cm³/mol. The van der Waals surface area contributed by atoms with Crippen LogP contribution in [0.4, 0.5) is 0 Å². The Morgan fingerprint density at radius 1 is 0.485 bits per heavy atom. The standard InChI is InChI=1S/C59H39IN4S2/c1-35-21-26-44-45-31-39(37-15-7-4-8-16-37)23-28-50(45)64(56(44)55(35)48-32-38(22-27-49(48)60)36-13-5-3-6-14-36)59-62-57(40-24-29-53-46(33-40)42-17-9-11-19-51(42)65-53)61-58(63(59)2)41-25-30-54-47(34-41)43-18-10-12-20-52(43)66-54/h3-34,58H,1-2H3. The van der Waals surface area contributed by atoms with E-state index in [0.29, 0.717) is 5.84 Å². The molecular formula is C59H39IN4S2. The van der Waals surface area contributed by atoms with Crippen molar-refractivity contribution in [3.63, 3.8) is 0 Å². The van der Waals surface area contributed by atoms with E-state index >= 15 is 0 Å². The first-order valence-corrected chi connectivity index (χ1v) is 24.9. The van der Waals surface area contributed by atoms with Gasteiger partial charge in [0.1, 0.15) is 0 Å². The number of hydrogen-bond donors (Lipinski definition) is 0. The average molecular weight is 995 g/mol. The number of amidine groups is 1. The van der Waals surface area contributed by atoms with Crippen LogP contribution in [0.15, 0.2) is 204 Å². The summed E-state index contributed by atoms with van der Waals surface area (Å²) in [7, 11) is 2.17. The van der Waals surface area contributed by atoms with Crippen LogP contribution >= 0.6 is 45.3 Å². The van der Waals surface area contributed by atoms with Crippen molar-refractivity contribution in [1.29, 1.82) is 0 Å². The molecule has 1 unspecified atom stereocenters. The number of thiophene rings is 2. The molecule has 12 aromatic rings. The van der Waals surface area contributed by atoms with Crippen LogP contribution in [-0.2, 0) is 0 Å². The Morgan fingerprint density at radius 2 is 1.06 bits per heavy atom. The molecule has 4 heterocycles. The molecule has 0 aliphatic carbocycles. The van der Waals surface area contributed by atoms with E-state index in [-0.39, 0.29) is 6.17 Å². The molecule has 9 aromatic carbocycles. The molecule has 0 fully saturated rings. The van der Waals surface area contributed by atoms with Crippen LogP contribution < -0.4 is 0 Å². The summed E-state index contributed by atoms with van der Waals surface area (Å²) in [5.41, 5.74) is 12.7. The lowest BCUT2D eigenvalue weighted by molar-refractivity contribution is 0.373. The van der Waals surface area contributed by atoms with Crippen LogP contribution in [0.1, 0.15) is 22.9 Å². The van der Waals surface area contributed by atoms with Crippen molar-refractivity contribution in [3.05, 3.63) is 214 Å². The summed E-state index contributed by atoms with van der Waals surface area (Å²) < 4.78 is 8.73. The number of nitrogens with zero attached hydrogens (tertiary/aromatic N) is 4. The summed E-state index contributed by atoms with van der Waals surface area (Å²) in [6, 6.07) is 70.9. The van der Waals surface area contributed by atoms with Gasteiger partial charge in [0.05, 0.1) is 11.0 Å². The molecule has 0 radical (unpaired) electrons. The van der Waals surface area contributed by atoms with E-state index < -0.39 is 0 Å². The molecule has 0 bridgehead atoms. The van der Waals surface area contributed by atoms with E-state index in [1.807, 2.05) is 22.7 Å². The molecule has 0 saturated heterocycles. The first kappa shape index (κ1) is 39.5. The third-order valence-corrected chi connectivity index (χ3v) is 16.5. The maximum absolute atomic E-state index is 5.72. The van der Waals surface area contributed by atoms with Gasteiger partial charge in [0, 0.05) is 72.9 Å². The molecule has 0 amide bonds. The summed E-state index contributed by atoms with van der Waals surface area (Å²) in [6.45, 7) is 2.25. The smallest absolute Gasteiger partial charge is 0.214 e. The minimum Gasteiger partial charge on any atom is -0.319 e. The van der Waals surface area contributed by atoms with Crippen molar-refractivity contribution >= 4 is 119 Å². The molecule has 0 saturated carbocycles. The first-order valence-electron chi connectivity index (χ1n) is 22.2. The summed E-state index contributed by atoms with van der Waals surface area (Å²) in [6.07, 6.45) is -0.364. The van der Waals surface area contributed by atoms with Gasteiger partial charge < -0.3 is 4.90 Å². The van der Waals surface area contributed by atoms with Gasteiger partial charge >= 0.3 is 0 Å². The van der Waals surface area contributed by atoms with Crippen molar-refractivity contribution in [2.75, 3.05) is 7.05 Å². The Balaban J connectivity index is 1.10. The van der Waals surface area contributed by atoms with Crippen LogP contribution in [0.5, 0.6) is 0 Å². The molecule has 7 heteroatoms. The van der Waals surface area contributed by atoms with E-state index in [1.54, 1.807) is 0 Å². The molecular weight excluding hydrogens is 956 g/mol. The highest BCUT2D eigenvalue weighted by Crippen LogP contribution is 2.44. The Morgan fingerprint density at radius 3 is 1.77 bits per heavy atom. The van der Waals surface area contributed by atoms with Crippen molar-refractivity contribution < 1.29 is 0 Å². The number of fused-ring (bicyclic) bond motifs is 9. The Hall–Kier alpha value is -6.91. The van der Waals surface area contributed by atoms with Gasteiger partial charge in [-0.25, -0.2) is 4.99 Å². The minimum atomic E-state index is -0.364. The van der Waals surface area contributed by atoms with Crippen LogP contribution in [0.3, 0.4) is 0 Å². The van der Waals surface area contributed by atoms with Crippen LogP contribution in [0, 0.1) is 10.5 Å². The number of rotatable bonds is 5. The minimum absolute atomic E-state index is 0.364. The third-order valence-electron chi connectivity index (χ3n) is 13.3. The number of halogens is 1. The average Bonchev–Trinajstić information content (AvgIpc) is 4.04. The topological polar surface area (TPSA) is 32.9 Å². The highest BCUT2D eigenvalue weighted by molar-refractivity contribution is 14.1. The molecule has 1 aliphatic heterocycles. The van der Waals surface area contributed by atoms with Gasteiger partial charge in [-0.2, -0.15) is 4.99 Å².